The van der Waals surface area contributed by atoms with E-state index in [1.165, 1.54) is 7.05 Å². The van der Waals surface area contributed by atoms with Crippen molar-refractivity contribution in [1.82, 2.24) is 5.32 Å². The number of hydrogen-bond acceptors (Lipinski definition) is 3. The van der Waals surface area contributed by atoms with E-state index in [9.17, 15) is 9.59 Å². The number of Topliss-reactive ketones (excluding diaryl/α,β-unsaturated/α-hetero) is 1. The molecular formula is C11H13NO3. The SMILES string of the molecule is CNC(C(=O)O)C(=O)c1ccc(C)cc1. The Morgan fingerprint density at radius 3 is 2.20 bits per heavy atom. The third-order valence-corrected chi connectivity index (χ3v) is 2.13. The van der Waals surface area contributed by atoms with Crippen molar-refractivity contribution < 1.29 is 14.7 Å². The quantitative estimate of drug-likeness (QED) is 0.567. The number of aryl methyl sites for hydroxylation is 1. The molecular weight excluding hydrogens is 194 g/mol. The molecule has 0 saturated carbocycles. The minimum Gasteiger partial charge on any atom is -0.480 e. The zero-order chi connectivity index (χ0) is 11.4. The van der Waals surface area contributed by atoms with E-state index >= 15 is 0 Å². The summed E-state index contributed by atoms with van der Waals surface area (Å²) in [6.45, 7) is 1.90. The van der Waals surface area contributed by atoms with Crippen LogP contribution in [0.3, 0.4) is 0 Å². The zero-order valence-electron chi connectivity index (χ0n) is 8.65. The molecule has 1 unspecified atom stereocenters. The van der Waals surface area contributed by atoms with Crippen LogP contribution in [0.15, 0.2) is 24.3 Å². The average molecular weight is 207 g/mol. The summed E-state index contributed by atoms with van der Waals surface area (Å²) in [5.74, 6) is -1.59. The Bertz CT molecular complexity index is 370. The number of nitrogens with one attached hydrogen (secondary N) is 1. The van der Waals surface area contributed by atoms with Crippen LogP contribution in [0.2, 0.25) is 0 Å². The molecule has 1 atom stereocenters. The van der Waals surface area contributed by atoms with Crippen LogP contribution in [0.1, 0.15) is 15.9 Å². The van der Waals surface area contributed by atoms with Gasteiger partial charge in [-0.15, -0.1) is 0 Å². The molecule has 15 heavy (non-hydrogen) atoms. The van der Waals surface area contributed by atoms with Crippen molar-refractivity contribution in [2.24, 2.45) is 0 Å². The molecule has 0 saturated heterocycles. The molecule has 2 N–H and O–H groups in total. The molecule has 4 nitrogen and oxygen atoms in total. The second-order valence-electron chi connectivity index (χ2n) is 3.29. The van der Waals surface area contributed by atoms with Crippen LogP contribution < -0.4 is 5.32 Å². The standard InChI is InChI=1S/C11H13NO3/c1-7-3-5-8(6-4-7)10(13)9(12-2)11(14)15/h3-6,9,12H,1-2H3,(H,14,15). The van der Waals surface area contributed by atoms with Gasteiger partial charge in [0.05, 0.1) is 0 Å². The summed E-state index contributed by atoms with van der Waals surface area (Å²) in [5.41, 5.74) is 1.44. The number of carboxylic acids is 1. The summed E-state index contributed by atoms with van der Waals surface area (Å²) in [5, 5.41) is 11.2. The van der Waals surface area contributed by atoms with Crippen molar-refractivity contribution in [2.45, 2.75) is 13.0 Å². The van der Waals surface area contributed by atoms with Crippen LogP contribution in [0.5, 0.6) is 0 Å². The van der Waals surface area contributed by atoms with Gasteiger partial charge in [-0.25, -0.2) is 0 Å². The summed E-state index contributed by atoms with van der Waals surface area (Å²) < 4.78 is 0. The summed E-state index contributed by atoms with van der Waals surface area (Å²) >= 11 is 0. The van der Waals surface area contributed by atoms with Gasteiger partial charge in [-0.05, 0) is 14.0 Å². The number of ketones is 1. The Morgan fingerprint density at radius 1 is 1.27 bits per heavy atom. The number of aliphatic carboxylic acids is 1. The molecule has 0 radical (unpaired) electrons. The normalized spacial score (nSPS) is 12.1. The monoisotopic (exact) mass is 207 g/mol. The highest BCUT2D eigenvalue weighted by Crippen LogP contribution is 2.06. The maximum atomic E-state index is 11.7. The van der Waals surface area contributed by atoms with Crippen molar-refractivity contribution in [2.75, 3.05) is 7.05 Å². The molecule has 1 rings (SSSR count). The molecule has 0 fully saturated rings. The lowest BCUT2D eigenvalue weighted by Crippen LogP contribution is -2.41. The number of carbonyl (C=O) groups is 2. The molecule has 80 valence electrons. The van der Waals surface area contributed by atoms with E-state index in [4.69, 9.17) is 5.11 Å². The molecule has 0 aromatic heterocycles. The van der Waals surface area contributed by atoms with E-state index < -0.39 is 17.8 Å². The zero-order valence-corrected chi connectivity index (χ0v) is 8.65. The molecule has 0 aliphatic carbocycles. The lowest BCUT2D eigenvalue weighted by molar-refractivity contribution is -0.137. The Morgan fingerprint density at radius 2 is 1.80 bits per heavy atom. The molecule has 4 heteroatoms. The van der Waals surface area contributed by atoms with E-state index in [2.05, 4.69) is 5.32 Å². The Balaban J connectivity index is 2.93. The second kappa shape index (κ2) is 4.70. The van der Waals surface area contributed by atoms with Gasteiger partial charge in [-0.3, -0.25) is 9.59 Å². The van der Waals surface area contributed by atoms with Crippen LogP contribution in [0, 0.1) is 6.92 Å². The van der Waals surface area contributed by atoms with Crippen LogP contribution in [-0.4, -0.2) is 29.9 Å². The second-order valence-corrected chi connectivity index (χ2v) is 3.29. The molecule has 0 amide bonds. The lowest BCUT2D eigenvalue weighted by Gasteiger charge is -2.09. The molecule has 0 bridgehead atoms. The summed E-state index contributed by atoms with van der Waals surface area (Å²) in [6.07, 6.45) is 0. The summed E-state index contributed by atoms with van der Waals surface area (Å²) in [6, 6.07) is 5.65. The van der Waals surface area contributed by atoms with Crippen molar-refractivity contribution >= 4 is 11.8 Å². The molecule has 0 aliphatic rings. The number of carbonyl (C=O) groups excluding carboxylic acids is 1. The van der Waals surface area contributed by atoms with Crippen LogP contribution in [0.25, 0.3) is 0 Å². The fourth-order valence-corrected chi connectivity index (χ4v) is 1.25. The number of rotatable bonds is 4. The molecule has 1 aromatic rings. The third kappa shape index (κ3) is 2.63. The van der Waals surface area contributed by atoms with Gasteiger partial charge >= 0.3 is 5.97 Å². The van der Waals surface area contributed by atoms with Gasteiger partial charge < -0.3 is 10.4 Å². The highest BCUT2D eigenvalue weighted by Gasteiger charge is 2.24. The van der Waals surface area contributed by atoms with Crippen LogP contribution in [0.4, 0.5) is 0 Å². The minimum absolute atomic E-state index is 0.405. The maximum absolute atomic E-state index is 11.7. The van der Waals surface area contributed by atoms with Gasteiger partial charge in [0.2, 0.25) is 0 Å². The Kier molecular flexibility index (Phi) is 3.57. The minimum atomic E-state index is -1.17. The molecule has 0 aliphatic heterocycles. The molecule has 1 aromatic carbocycles. The van der Waals surface area contributed by atoms with Gasteiger partial charge in [0.1, 0.15) is 0 Å². The topological polar surface area (TPSA) is 66.4 Å². The van der Waals surface area contributed by atoms with E-state index in [0.29, 0.717) is 5.56 Å². The third-order valence-electron chi connectivity index (χ3n) is 2.13. The number of benzene rings is 1. The number of hydrogen-bond donors (Lipinski definition) is 2. The fraction of sp³-hybridized carbons (Fsp3) is 0.273. The lowest BCUT2D eigenvalue weighted by atomic mass is 10.0. The Hall–Kier alpha value is -1.68. The maximum Gasteiger partial charge on any atom is 0.328 e. The highest BCUT2D eigenvalue weighted by atomic mass is 16.4. The largest absolute Gasteiger partial charge is 0.480 e. The van der Waals surface area contributed by atoms with E-state index in [-0.39, 0.29) is 0 Å². The first-order chi connectivity index (χ1) is 7.06. The van der Waals surface area contributed by atoms with Gasteiger partial charge in [-0.2, -0.15) is 0 Å². The van der Waals surface area contributed by atoms with E-state index in [0.717, 1.165) is 5.56 Å². The van der Waals surface area contributed by atoms with Crippen molar-refractivity contribution in [3.05, 3.63) is 35.4 Å². The van der Waals surface area contributed by atoms with Crippen LogP contribution >= 0.6 is 0 Å². The number of likely N-dealkylation sites (N-methyl/N-ethyl adjacent to an activating group) is 1. The summed E-state index contributed by atoms with van der Waals surface area (Å²) in [4.78, 5) is 22.4. The predicted octanol–water partition coefficient (Wildman–Crippen LogP) is 0.850. The van der Waals surface area contributed by atoms with E-state index in [1.54, 1.807) is 24.3 Å². The molecule has 0 spiro atoms. The van der Waals surface area contributed by atoms with Crippen molar-refractivity contribution in [3.63, 3.8) is 0 Å². The van der Waals surface area contributed by atoms with Crippen molar-refractivity contribution in [1.29, 1.82) is 0 Å². The van der Waals surface area contributed by atoms with Gasteiger partial charge in [0, 0.05) is 5.56 Å². The smallest absolute Gasteiger partial charge is 0.328 e. The Labute approximate surface area is 87.9 Å². The van der Waals surface area contributed by atoms with E-state index in [1.807, 2.05) is 6.92 Å². The van der Waals surface area contributed by atoms with Crippen LogP contribution in [-0.2, 0) is 4.79 Å². The van der Waals surface area contributed by atoms with Gasteiger partial charge in [0.25, 0.3) is 0 Å². The molecule has 0 heterocycles. The first kappa shape index (κ1) is 11.4. The highest BCUT2D eigenvalue weighted by molar-refractivity contribution is 6.11. The number of carboxylic acid groups (broad SMARTS) is 1. The fourth-order valence-electron chi connectivity index (χ4n) is 1.25. The predicted molar refractivity (Wildman–Crippen MR) is 56.0 cm³/mol. The average Bonchev–Trinajstić information content (AvgIpc) is 2.19. The van der Waals surface area contributed by atoms with Crippen molar-refractivity contribution in [3.8, 4) is 0 Å². The first-order valence-electron chi connectivity index (χ1n) is 4.57. The summed E-state index contributed by atoms with van der Waals surface area (Å²) in [7, 11) is 1.45. The van der Waals surface area contributed by atoms with Gasteiger partial charge in [-0.1, -0.05) is 29.8 Å². The first-order valence-corrected chi connectivity index (χ1v) is 4.57. The van der Waals surface area contributed by atoms with Gasteiger partial charge in [0.15, 0.2) is 11.8 Å².